The normalized spacial score (nSPS) is 11.4. The lowest BCUT2D eigenvalue weighted by Crippen LogP contribution is -2.01. The number of aryl methyl sites for hydroxylation is 1. The van der Waals surface area contributed by atoms with Crippen LogP contribution in [0.15, 0.2) is 48.6 Å². The average molecular weight is 343 g/mol. The van der Waals surface area contributed by atoms with Gasteiger partial charge in [-0.15, -0.1) is 0 Å². The van der Waals surface area contributed by atoms with Gasteiger partial charge in [0.1, 0.15) is 5.75 Å². The number of rotatable bonds is 13. The van der Waals surface area contributed by atoms with Crippen LogP contribution in [0.25, 0.3) is 0 Å². The number of hydrogen-bond acceptors (Lipinski definition) is 2. The molecule has 2 nitrogen and oxygen atoms in total. The van der Waals surface area contributed by atoms with Crippen molar-refractivity contribution >= 4 is 5.97 Å². The molecule has 0 N–H and O–H groups in total. The maximum Gasteiger partial charge on any atom is 0.308 e. The Morgan fingerprint density at radius 3 is 2.44 bits per heavy atom. The van der Waals surface area contributed by atoms with Crippen LogP contribution in [0.4, 0.5) is 0 Å². The molecule has 25 heavy (non-hydrogen) atoms. The Kier molecular flexibility index (Phi) is 12.3. The molecule has 0 saturated carbocycles. The number of benzene rings is 1. The van der Waals surface area contributed by atoms with Gasteiger partial charge in [-0.3, -0.25) is 4.79 Å². The highest BCUT2D eigenvalue weighted by Gasteiger charge is 2.00. The van der Waals surface area contributed by atoms with Gasteiger partial charge in [-0.2, -0.15) is 0 Å². The van der Waals surface area contributed by atoms with E-state index < -0.39 is 0 Å². The zero-order chi connectivity index (χ0) is 18.2. The van der Waals surface area contributed by atoms with Crippen LogP contribution >= 0.6 is 0 Å². The molecule has 0 saturated heterocycles. The van der Waals surface area contributed by atoms with E-state index in [0.717, 1.165) is 12.8 Å². The molecule has 0 radical (unpaired) electrons. The molecule has 0 aliphatic heterocycles. The molecule has 2 heteroatoms. The molecule has 0 fully saturated rings. The predicted octanol–water partition coefficient (Wildman–Crippen LogP) is 6.80. The smallest absolute Gasteiger partial charge is 0.308 e. The van der Waals surface area contributed by atoms with Gasteiger partial charge in [-0.05, 0) is 56.2 Å². The van der Waals surface area contributed by atoms with E-state index in [2.05, 4.69) is 37.3 Å². The Bertz CT molecular complexity index is 529. The van der Waals surface area contributed by atoms with Gasteiger partial charge in [-0.1, -0.05) is 69.0 Å². The van der Waals surface area contributed by atoms with Crippen LogP contribution in [0, 0.1) is 0 Å². The van der Waals surface area contributed by atoms with E-state index in [4.69, 9.17) is 4.74 Å². The van der Waals surface area contributed by atoms with E-state index in [1.807, 2.05) is 18.2 Å². The SMILES string of the molecule is CCC/C=C\C/C=C\CCCCCCCc1cccc(OC(C)=O)c1. The van der Waals surface area contributed by atoms with E-state index in [-0.39, 0.29) is 5.97 Å². The minimum atomic E-state index is -0.261. The second-order valence-electron chi connectivity index (χ2n) is 6.51. The zero-order valence-electron chi connectivity index (χ0n) is 16.0. The Labute approximate surface area is 154 Å². The van der Waals surface area contributed by atoms with Gasteiger partial charge >= 0.3 is 5.97 Å². The first-order valence-corrected chi connectivity index (χ1v) is 9.79. The van der Waals surface area contributed by atoms with Gasteiger partial charge in [0.2, 0.25) is 0 Å². The first-order chi connectivity index (χ1) is 12.2. The zero-order valence-corrected chi connectivity index (χ0v) is 16.0. The third-order valence-corrected chi connectivity index (χ3v) is 4.06. The van der Waals surface area contributed by atoms with Crippen molar-refractivity contribution in [3.05, 3.63) is 54.1 Å². The van der Waals surface area contributed by atoms with Gasteiger partial charge in [-0.25, -0.2) is 0 Å². The molecular formula is C23H34O2. The molecule has 0 aromatic heterocycles. The molecular weight excluding hydrogens is 308 g/mol. The van der Waals surface area contributed by atoms with Crippen molar-refractivity contribution in [1.29, 1.82) is 0 Å². The van der Waals surface area contributed by atoms with Crippen LogP contribution in [0.5, 0.6) is 5.75 Å². The van der Waals surface area contributed by atoms with E-state index >= 15 is 0 Å². The summed E-state index contributed by atoms with van der Waals surface area (Å²) in [5.41, 5.74) is 1.25. The third kappa shape index (κ3) is 12.2. The molecule has 0 unspecified atom stereocenters. The van der Waals surface area contributed by atoms with Gasteiger partial charge in [0.15, 0.2) is 0 Å². The Hall–Kier alpha value is -1.83. The summed E-state index contributed by atoms with van der Waals surface area (Å²) in [6.45, 7) is 3.64. The van der Waals surface area contributed by atoms with Gasteiger partial charge in [0, 0.05) is 6.92 Å². The van der Waals surface area contributed by atoms with Crippen LogP contribution in [-0.2, 0) is 11.2 Å². The number of hydrogen-bond donors (Lipinski definition) is 0. The minimum Gasteiger partial charge on any atom is -0.427 e. The fourth-order valence-corrected chi connectivity index (χ4v) is 2.73. The summed E-state index contributed by atoms with van der Waals surface area (Å²) < 4.78 is 5.12. The molecule has 0 bridgehead atoms. The number of esters is 1. The second kappa shape index (κ2) is 14.5. The summed E-state index contributed by atoms with van der Waals surface area (Å²) in [6, 6.07) is 7.86. The first kappa shape index (κ1) is 21.2. The van der Waals surface area contributed by atoms with Gasteiger partial charge in [0.05, 0.1) is 0 Å². The summed E-state index contributed by atoms with van der Waals surface area (Å²) in [4.78, 5) is 11.0. The lowest BCUT2D eigenvalue weighted by atomic mass is 10.0. The highest BCUT2D eigenvalue weighted by Crippen LogP contribution is 2.16. The Morgan fingerprint density at radius 1 is 0.960 bits per heavy atom. The van der Waals surface area contributed by atoms with Gasteiger partial charge in [0.25, 0.3) is 0 Å². The molecule has 138 valence electrons. The van der Waals surface area contributed by atoms with Crippen molar-refractivity contribution in [1.82, 2.24) is 0 Å². The fraction of sp³-hybridized carbons (Fsp3) is 0.522. The summed E-state index contributed by atoms with van der Waals surface area (Å²) in [7, 11) is 0. The molecule has 0 spiro atoms. The van der Waals surface area contributed by atoms with E-state index in [0.29, 0.717) is 5.75 Å². The number of allylic oxidation sites excluding steroid dienone is 4. The van der Waals surface area contributed by atoms with Crippen LogP contribution < -0.4 is 4.74 Å². The third-order valence-electron chi connectivity index (χ3n) is 4.06. The van der Waals surface area contributed by atoms with Crippen LogP contribution in [0.3, 0.4) is 0 Å². The van der Waals surface area contributed by atoms with E-state index in [9.17, 15) is 4.79 Å². The van der Waals surface area contributed by atoms with Crippen LogP contribution in [-0.4, -0.2) is 5.97 Å². The molecule has 1 aromatic rings. The average Bonchev–Trinajstić information content (AvgIpc) is 2.59. The van der Waals surface area contributed by atoms with Crippen LogP contribution in [0.1, 0.15) is 77.2 Å². The maximum absolute atomic E-state index is 11.0. The van der Waals surface area contributed by atoms with Crippen molar-refractivity contribution in [2.45, 2.75) is 78.1 Å². The minimum absolute atomic E-state index is 0.261. The highest BCUT2D eigenvalue weighted by atomic mass is 16.5. The standard InChI is InChI=1S/C23H34O2/c1-3-4-5-6-7-8-9-10-11-12-13-14-15-17-22-18-16-19-23(20-22)25-21(2)24/h5-6,8-9,16,18-20H,3-4,7,10-15,17H2,1-2H3/b6-5-,9-8-. The quantitative estimate of drug-likeness (QED) is 0.170. The molecule has 0 atom stereocenters. The summed E-state index contributed by atoms with van der Waals surface area (Å²) in [6.07, 6.45) is 21.2. The second-order valence-corrected chi connectivity index (χ2v) is 6.51. The fourth-order valence-electron chi connectivity index (χ4n) is 2.73. The molecule has 0 aliphatic carbocycles. The lowest BCUT2D eigenvalue weighted by molar-refractivity contribution is -0.131. The summed E-state index contributed by atoms with van der Waals surface area (Å²) in [5.74, 6) is 0.393. The maximum atomic E-state index is 11.0. The molecule has 1 aromatic carbocycles. The Balaban J connectivity index is 2.01. The largest absolute Gasteiger partial charge is 0.427 e. The highest BCUT2D eigenvalue weighted by molar-refractivity contribution is 5.69. The van der Waals surface area contributed by atoms with E-state index in [1.165, 1.54) is 63.9 Å². The Morgan fingerprint density at radius 2 is 1.68 bits per heavy atom. The number of unbranched alkanes of at least 4 members (excludes halogenated alkanes) is 6. The van der Waals surface area contributed by atoms with Crippen LogP contribution in [0.2, 0.25) is 0 Å². The molecule has 0 heterocycles. The number of carbonyl (C=O) groups is 1. The van der Waals surface area contributed by atoms with Crippen molar-refractivity contribution in [2.75, 3.05) is 0 Å². The predicted molar refractivity (Wildman–Crippen MR) is 107 cm³/mol. The van der Waals surface area contributed by atoms with Crippen molar-refractivity contribution in [3.8, 4) is 5.75 Å². The van der Waals surface area contributed by atoms with Crippen molar-refractivity contribution in [2.24, 2.45) is 0 Å². The van der Waals surface area contributed by atoms with Crippen molar-refractivity contribution in [3.63, 3.8) is 0 Å². The first-order valence-electron chi connectivity index (χ1n) is 9.79. The topological polar surface area (TPSA) is 26.3 Å². The number of carbonyl (C=O) groups excluding carboxylic acids is 1. The summed E-state index contributed by atoms with van der Waals surface area (Å²) >= 11 is 0. The van der Waals surface area contributed by atoms with Crippen molar-refractivity contribution < 1.29 is 9.53 Å². The monoisotopic (exact) mass is 342 g/mol. The van der Waals surface area contributed by atoms with E-state index in [1.54, 1.807) is 0 Å². The lowest BCUT2D eigenvalue weighted by Gasteiger charge is -2.05. The molecule has 0 amide bonds. The molecule has 1 rings (SSSR count). The summed E-state index contributed by atoms with van der Waals surface area (Å²) in [5, 5.41) is 0. The molecule has 0 aliphatic rings. The number of ether oxygens (including phenoxy) is 1. The van der Waals surface area contributed by atoms with Gasteiger partial charge < -0.3 is 4.74 Å².